The van der Waals surface area contributed by atoms with E-state index in [1.54, 1.807) is 0 Å². The summed E-state index contributed by atoms with van der Waals surface area (Å²) in [5.74, 6) is 0.877. The quantitative estimate of drug-likeness (QED) is 0.895. The fourth-order valence-corrected chi connectivity index (χ4v) is 3.14. The number of pyridine rings is 1. The molecule has 0 aliphatic heterocycles. The highest BCUT2D eigenvalue weighted by molar-refractivity contribution is 5.78. The van der Waals surface area contributed by atoms with Gasteiger partial charge in [0.05, 0.1) is 5.52 Å². The van der Waals surface area contributed by atoms with Crippen molar-refractivity contribution < 1.29 is 0 Å². The molecule has 0 saturated heterocycles. The molecular weight excluding hydrogens is 232 g/mol. The molecule has 100 valence electrons. The fourth-order valence-electron chi connectivity index (χ4n) is 3.14. The Morgan fingerprint density at radius 2 is 2.11 bits per heavy atom. The third-order valence-electron chi connectivity index (χ3n) is 4.40. The number of nitrogens with zero attached hydrogens (tertiary/aromatic N) is 1. The van der Waals surface area contributed by atoms with Gasteiger partial charge in [-0.25, -0.2) is 0 Å². The van der Waals surface area contributed by atoms with Gasteiger partial charge in [-0.05, 0) is 49.4 Å². The second kappa shape index (κ2) is 5.70. The maximum absolute atomic E-state index is 4.36. The van der Waals surface area contributed by atoms with Crippen LogP contribution in [0.15, 0.2) is 36.5 Å². The van der Waals surface area contributed by atoms with Gasteiger partial charge in [-0.3, -0.25) is 4.98 Å². The van der Waals surface area contributed by atoms with Crippen LogP contribution in [-0.2, 0) is 6.54 Å². The molecule has 2 aromatic rings. The highest BCUT2D eigenvalue weighted by atomic mass is 14.9. The van der Waals surface area contributed by atoms with Gasteiger partial charge in [-0.1, -0.05) is 25.0 Å². The van der Waals surface area contributed by atoms with E-state index in [0.717, 1.165) is 18.0 Å². The summed E-state index contributed by atoms with van der Waals surface area (Å²) in [6.45, 7) is 3.29. The first-order chi connectivity index (χ1) is 9.33. The predicted molar refractivity (Wildman–Crippen MR) is 80.0 cm³/mol. The lowest BCUT2D eigenvalue weighted by Crippen LogP contribution is -2.31. The standard InChI is InChI=1S/C17H22N2/c1-13(15-5-2-3-6-15)19-12-14-8-9-17-16(11-14)7-4-10-18-17/h4,7-11,13,15,19H,2-3,5-6,12H2,1H3. The minimum Gasteiger partial charge on any atom is -0.310 e. The average molecular weight is 254 g/mol. The van der Waals surface area contributed by atoms with Gasteiger partial charge in [0.2, 0.25) is 0 Å². The first-order valence-corrected chi connectivity index (χ1v) is 7.40. The zero-order valence-electron chi connectivity index (χ0n) is 11.6. The molecule has 1 fully saturated rings. The second-order valence-corrected chi connectivity index (χ2v) is 5.74. The molecule has 1 aliphatic carbocycles. The van der Waals surface area contributed by atoms with Crippen LogP contribution in [0, 0.1) is 5.92 Å². The van der Waals surface area contributed by atoms with Gasteiger partial charge in [-0.2, -0.15) is 0 Å². The molecular formula is C17H22N2. The molecule has 1 saturated carbocycles. The molecule has 1 aromatic carbocycles. The Bertz CT molecular complexity index is 544. The molecule has 3 rings (SSSR count). The number of rotatable bonds is 4. The van der Waals surface area contributed by atoms with E-state index >= 15 is 0 Å². The lowest BCUT2D eigenvalue weighted by molar-refractivity contribution is 0.380. The fraction of sp³-hybridized carbons (Fsp3) is 0.471. The van der Waals surface area contributed by atoms with Gasteiger partial charge < -0.3 is 5.32 Å². The normalized spacial score (nSPS) is 17.9. The van der Waals surface area contributed by atoms with E-state index in [-0.39, 0.29) is 0 Å². The number of fused-ring (bicyclic) bond motifs is 1. The zero-order chi connectivity index (χ0) is 13.1. The number of hydrogen-bond donors (Lipinski definition) is 1. The smallest absolute Gasteiger partial charge is 0.0702 e. The summed E-state index contributed by atoms with van der Waals surface area (Å²) in [4.78, 5) is 4.36. The van der Waals surface area contributed by atoms with Crippen LogP contribution >= 0.6 is 0 Å². The number of hydrogen-bond acceptors (Lipinski definition) is 2. The lowest BCUT2D eigenvalue weighted by atomic mass is 9.99. The number of nitrogens with one attached hydrogen (secondary N) is 1. The van der Waals surface area contributed by atoms with Gasteiger partial charge >= 0.3 is 0 Å². The zero-order valence-corrected chi connectivity index (χ0v) is 11.6. The summed E-state index contributed by atoms with van der Waals surface area (Å²) < 4.78 is 0. The van der Waals surface area contributed by atoms with Crippen molar-refractivity contribution >= 4 is 10.9 Å². The largest absolute Gasteiger partial charge is 0.310 e. The first-order valence-electron chi connectivity index (χ1n) is 7.40. The number of aromatic nitrogens is 1. The Morgan fingerprint density at radius 3 is 2.95 bits per heavy atom. The molecule has 2 nitrogen and oxygen atoms in total. The van der Waals surface area contributed by atoms with Crippen molar-refractivity contribution in [3.63, 3.8) is 0 Å². The predicted octanol–water partition coefficient (Wildman–Crippen LogP) is 3.90. The lowest BCUT2D eigenvalue weighted by Gasteiger charge is -2.20. The van der Waals surface area contributed by atoms with E-state index in [1.165, 1.54) is 36.6 Å². The molecule has 1 N–H and O–H groups in total. The van der Waals surface area contributed by atoms with Crippen LogP contribution in [0.5, 0.6) is 0 Å². The third-order valence-corrected chi connectivity index (χ3v) is 4.40. The molecule has 1 aliphatic rings. The Hall–Kier alpha value is -1.41. The SMILES string of the molecule is CC(NCc1ccc2ncccc2c1)C1CCCC1. The van der Waals surface area contributed by atoms with Crippen molar-refractivity contribution in [2.24, 2.45) is 5.92 Å². The van der Waals surface area contributed by atoms with Gasteiger partial charge in [0.25, 0.3) is 0 Å². The van der Waals surface area contributed by atoms with Crippen molar-refractivity contribution in [2.75, 3.05) is 0 Å². The van der Waals surface area contributed by atoms with Gasteiger partial charge in [-0.15, -0.1) is 0 Å². The van der Waals surface area contributed by atoms with Crippen molar-refractivity contribution in [2.45, 2.75) is 45.2 Å². The summed E-state index contributed by atoms with van der Waals surface area (Å²) in [6, 6.07) is 11.3. The van der Waals surface area contributed by atoms with Crippen LogP contribution in [0.2, 0.25) is 0 Å². The first kappa shape index (κ1) is 12.6. The van der Waals surface area contributed by atoms with E-state index in [4.69, 9.17) is 0 Å². The summed E-state index contributed by atoms with van der Waals surface area (Å²) in [7, 11) is 0. The van der Waals surface area contributed by atoms with E-state index in [2.05, 4.69) is 41.5 Å². The molecule has 1 unspecified atom stereocenters. The molecule has 0 bridgehead atoms. The average Bonchev–Trinajstić information content (AvgIpc) is 2.99. The minimum atomic E-state index is 0.632. The summed E-state index contributed by atoms with van der Waals surface area (Å²) >= 11 is 0. The second-order valence-electron chi connectivity index (χ2n) is 5.74. The topological polar surface area (TPSA) is 24.9 Å². The Balaban J connectivity index is 1.64. The molecule has 1 aromatic heterocycles. The van der Waals surface area contributed by atoms with Crippen LogP contribution in [0.3, 0.4) is 0 Å². The van der Waals surface area contributed by atoms with Gasteiger partial charge in [0.15, 0.2) is 0 Å². The van der Waals surface area contributed by atoms with Gasteiger partial charge in [0, 0.05) is 24.2 Å². The molecule has 1 heterocycles. The summed E-state index contributed by atoms with van der Waals surface area (Å²) in [5, 5.41) is 4.92. The molecule has 0 spiro atoms. The Labute approximate surface area is 115 Å². The molecule has 2 heteroatoms. The molecule has 19 heavy (non-hydrogen) atoms. The third kappa shape index (κ3) is 2.95. The maximum atomic E-state index is 4.36. The van der Waals surface area contributed by atoms with Crippen LogP contribution in [0.4, 0.5) is 0 Å². The minimum absolute atomic E-state index is 0.632. The van der Waals surface area contributed by atoms with Crippen molar-refractivity contribution in [1.82, 2.24) is 10.3 Å². The van der Waals surface area contributed by atoms with Crippen molar-refractivity contribution in [1.29, 1.82) is 0 Å². The Morgan fingerprint density at radius 1 is 1.26 bits per heavy atom. The number of benzene rings is 1. The van der Waals surface area contributed by atoms with Crippen LogP contribution in [0.1, 0.15) is 38.2 Å². The van der Waals surface area contributed by atoms with Crippen molar-refractivity contribution in [3.05, 3.63) is 42.1 Å². The highest BCUT2D eigenvalue weighted by Gasteiger charge is 2.20. The van der Waals surface area contributed by atoms with E-state index in [0.29, 0.717) is 6.04 Å². The van der Waals surface area contributed by atoms with E-state index in [9.17, 15) is 0 Å². The molecule has 1 atom stereocenters. The van der Waals surface area contributed by atoms with Crippen LogP contribution in [-0.4, -0.2) is 11.0 Å². The van der Waals surface area contributed by atoms with Crippen LogP contribution < -0.4 is 5.32 Å². The van der Waals surface area contributed by atoms with E-state index < -0.39 is 0 Å². The monoisotopic (exact) mass is 254 g/mol. The Kier molecular flexibility index (Phi) is 3.79. The summed E-state index contributed by atoms with van der Waals surface area (Å²) in [6.07, 6.45) is 7.48. The van der Waals surface area contributed by atoms with E-state index in [1.807, 2.05) is 12.3 Å². The maximum Gasteiger partial charge on any atom is 0.0702 e. The molecule has 0 amide bonds. The highest BCUT2D eigenvalue weighted by Crippen LogP contribution is 2.27. The van der Waals surface area contributed by atoms with Gasteiger partial charge in [0.1, 0.15) is 0 Å². The summed E-state index contributed by atoms with van der Waals surface area (Å²) in [5.41, 5.74) is 2.43. The molecule has 0 radical (unpaired) electrons. The van der Waals surface area contributed by atoms with Crippen molar-refractivity contribution in [3.8, 4) is 0 Å². The van der Waals surface area contributed by atoms with Crippen LogP contribution in [0.25, 0.3) is 10.9 Å².